The van der Waals surface area contributed by atoms with Gasteiger partial charge in [-0.05, 0) is 58.4 Å². The van der Waals surface area contributed by atoms with Gasteiger partial charge in [0.15, 0.2) is 5.60 Å². The van der Waals surface area contributed by atoms with Gasteiger partial charge in [-0.3, -0.25) is 0 Å². The highest BCUT2D eigenvalue weighted by molar-refractivity contribution is 5.43. The molecule has 2 bridgehead atoms. The predicted molar refractivity (Wildman–Crippen MR) is 108 cm³/mol. The van der Waals surface area contributed by atoms with Gasteiger partial charge in [-0.15, -0.1) is 5.10 Å². The fourth-order valence-corrected chi connectivity index (χ4v) is 5.65. The van der Waals surface area contributed by atoms with E-state index in [0.29, 0.717) is 11.6 Å². The zero-order valence-electron chi connectivity index (χ0n) is 18.1. The first-order valence-electron chi connectivity index (χ1n) is 10.8. The van der Waals surface area contributed by atoms with Gasteiger partial charge in [0.05, 0.1) is 13.2 Å². The molecule has 3 aromatic rings. The summed E-state index contributed by atoms with van der Waals surface area (Å²) >= 11 is 0. The molecule has 1 atom stereocenters. The van der Waals surface area contributed by atoms with Crippen molar-refractivity contribution in [3.8, 4) is 0 Å². The first-order valence-corrected chi connectivity index (χ1v) is 10.8. The summed E-state index contributed by atoms with van der Waals surface area (Å²) in [6.45, 7) is -4.02. The van der Waals surface area contributed by atoms with Gasteiger partial charge in [0, 0.05) is 17.0 Å². The number of hydrogen-bond acceptors (Lipinski definition) is 5. The molecule has 2 aromatic carbocycles. The number of ether oxygens (including phenoxy) is 1. The Hall–Kier alpha value is -2.99. The van der Waals surface area contributed by atoms with Gasteiger partial charge in [0.25, 0.3) is 5.92 Å². The van der Waals surface area contributed by atoms with E-state index in [-0.39, 0.29) is 25.9 Å². The number of halogens is 6. The number of aromatic nitrogens is 4. The number of rotatable bonds is 9. The van der Waals surface area contributed by atoms with Gasteiger partial charge in [0.1, 0.15) is 18.0 Å². The average Bonchev–Trinajstić information content (AvgIpc) is 3.23. The summed E-state index contributed by atoms with van der Waals surface area (Å²) in [6, 6.07) is 8.65. The lowest BCUT2D eigenvalue weighted by Gasteiger charge is -2.74. The molecule has 0 spiro atoms. The van der Waals surface area contributed by atoms with Crippen molar-refractivity contribution in [2.45, 2.75) is 56.0 Å². The molecule has 1 aromatic heterocycles. The van der Waals surface area contributed by atoms with Crippen LogP contribution in [0.2, 0.25) is 0 Å². The van der Waals surface area contributed by atoms with Crippen LogP contribution in [0, 0.1) is 17.0 Å². The first-order chi connectivity index (χ1) is 16.5. The molecular formula is C23H20F6N4O2. The summed E-state index contributed by atoms with van der Waals surface area (Å²) in [5.74, 6) is -6.09. The number of nitrogens with zero attached hydrogens (tertiary/aromatic N) is 4. The molecule has 35 heavy (non-hydrogen) atoms. The van der Waals surface area contributed by atoms with Crippen molar-refractivity contribution in [1.82, 2.24) is 20.2 Å². The predicted octanol–water partition coefficient (Wildman–Crippen LogP) is 4.34. The molecule has 1 heterocycles. The van der Waals surface area contributed by atoms with E-state index in [1.807, 2.05) is 0 Å². The van der Waals surface area contributed by atoms with E-state index >= 15 is 8.78 Å². The Labute approximate surface area is 195 Å². The molecule has 12 heteroatoms. The summed E-state index contributed by atoms with van der Waals surface area (Å²) in [7, 11) is 0. The average molecular weight is 498 g/mol. The normalized spacial score (nSPS) is 25.1. The molecule has 3 aliphatic rings. The minimum absolute atomic E-state index is 0.0284. The van der Waals surface area contributed by atoms with Crippen LogP contribution in [0.3, 0.4) is 0 Å². The van der Waals surface area contributed by atoms with E-state index in [1.54, 1.807) is 24.3 Å². The summed E-state index contributed by atoms with van der Waals surface area (Å²) in [5, 5.41) is 21.7. The maximum Gasteiger partial charge on any atom is 0.345 e. The third kappa shape index (κ3) is 3.61. The number of hydrogen-bond donors (Lipinski definition) is 1. The lowest BCUT2D eigenvalue weighted by atomic mass is 9.30. The molecule has 186 valence electrons. The van der Waals surface area contributed by atoms with Crippen LogP contribution in [-0.2, 0) is 28.9 Å². The maximum absolute atomic E-state index is 16.1. The highest BCUT2D eigenvalue weighted by atomic mass is 19.3. The zero-order valence-corrected chi connectivity index (χ0v) is 18.1. The second-order valence-electron chi connectivity index (χ2n) is 9.43. The molecule has 1 N–H and O–H groups in total. The van der Waals surface area contributed by atoms with E-state index < -0.39 is 52.7 Å². The van der Waals surface area contributed by atoms with Crippen molar-refractivity contribution in [2.24, 2.45) is 5.41 Å². The Balaban J connectivity index is 1.41. The quantitative estimate of drug-likeness (QED) is 0.445. The fraction of sp³-hybridized carbons (Fsp3) is 0.435. The van der Waals surface area contributed by atoms with Crippen LogP contribution < -0.4 is 0 Å². The van der Waals surface area contributed by atoms with Crippen LogP contribution in [0.5, 0.6) is 0 Å². The smallest absolute Gasteiger partial charge is 0.345 e. The Morgan fingerprint density at radius 1 is 1.06 bits per heavy atom. The minimum atomic E-state index is -3.82. The van der Waals surface area contributed by atoms with Gasteiger partial charge in [-0.2, -0.15) is 8.78 Å². The van der Waals surface area contributed by atoms with Crippen LogP contribution in [0.1, 0.15) is 36.0 Å². The SMILES string of the molecule is O[C@@](Cn1cnnn1)(c1ccc(F)cc1F)C(F)(F)C12CC(c3ccc(COC(F)F)cc3)(C1)C2. The molecular weight excluding hydrogens is 478 g/mol. The maximum atomic E-state index is 16.1. The molecule has 0 aliphatic heterocycles. The van der Waals surface area contributed by atoms with E-state index in [0.717, 1.165) is 28.7 Å². The summed E-state index contributed by atoms with van der Waals surface area (Å²) in [5.41, 5.74) is -4.68. The monoisotopic (exact) mass is 498 g/mol. The Morgan fingerprint density at radius 3 is 2.31 bits per heavy atom. The minimum Gasteiger partial charge on any atom is -0.377 e. The van der Waals surface area contributed by atoms with Gasteiger partial charge in [-0.25, -0.2) is 22.2 Å². The van der Waals surface area contributed by atoms with Crippen LogP contribution >= 0.6 is 0 Å². The fourth-order valence-electron chi connectivity index (χ4n) is 5.65. The first kappa shape index (κ1) is 23.7. The van der Waals surface area contributed by atoms with Gasteiger partial charge < -0.3 is 9.84 Å². The summed E-state index contributed by atoms with van der Waals surface area (Å²) < 4.78 is 90.0. The van der Waals surface area contributed by atoms with Gasteiger partial charge >= 0.3 is 6.61 Å². The highest BCUT2D eigenvalue weighted by Gasteiger charge is 2.82. The Kier molecular flexibility index (Phi) is 5.44. The number of alkyl halides is 4. The van der Waals surface area contributed by atoms with Crippen molar-refractivity contribution in [3.63, 3.8) is 0 Å². The van der Waals surface area contributed by atoms with E-state index in [1.165, 1.54) is 0 Å². The van der Waals surface area contributed by atoms with Crippen LogP contribution in [0.15, 0.2) is 48.8 Å². The van der Waals surface area contributed by atoms with Crippen molar-refractivity contribution in [1.29, 1.82) is 0 Å². The van der Waals surface area contributed by atoms with Crippen LogP contribution in [0.4, 0.5) is 26.3 Å². The third-order valence-corrected chi connectivity index (χ3v) is 7.32. The molecule has 0 amide bonds. The van der Waals surface area contributed by atoms with Gasteiger partial charge in [-0.1, -0.05) is 24.3 Å². The Morgan fingerprint density at radius 2 is 1.74 bits per heavy atom. The molecule has 3 aliphatic carbocycles. The van der Waals surface area contributed by atoms with Crippen molar-refractivity contribution < 1.29 is 36.2 Å². The van der Waals surface area contributed by atoms with E-state index in [2.05, 4.69) is 20.3 Å². The van der Waals surface area contributed by atoms with Crippen molar-refractivity contribution >= 4 is 0 Å². The van der Waals surface area contributed by atoms with Crippen molar-refractivity contribution in [3.05, 3.63) is 77.1 Å². The molecule has 6 rings (SSSR count). The third-order valence-electron chi connectivity index (χ3n) is 7.32. The highest BCUT2D eigenvalue weighted by Crippen LogP contribution is 2.80. The number of aliphatic hydroxyl groups is 1. The van der Waals surface area contributed by atoms with E-state index in [4.69, 9.17) is 0 Å². The van der Waals surface area contributed by atoms with Crippen LogP contribution in [0.25, 0.3) is 0 Å². The largest absolute Gasteiger partial charge is 0.377 e. The topological polar surface area (TPSA) is 73.1 Å². The zero-order chi connectivity index (χ0) is 25.1. The van der Waals surface area contributed by atoms with Crippen LogP contribution in [-0.4, -0.2) is 37.8 Å². The molecule has 0 saturated heterocycles. The number of tetrazole rings is 1. The lowest BCUT2D eigenvalue weighted by Crippen LogP contribution is -2.76. The standard InChI is InChI=1S/C23H20F6N4O2/c24-16-5-6-17(18(25)7-16)22(34,12-33-13-30-31-32-33)23(28,29)21-9-20(10-21,11-21)15-3-1-14(2-4-15)8-35-19(26)27/h1-7,13,19,34H,8-12H2/t20?,21?,22-/m0/s1. The lowest BCUT2D eigenvalue weighted by molar-refractivity contribution is -0.347. The Bertz CT molecular complexity index is 1200. The molecule has 0 radical (unpaired) electrons. The molecule has 3 fully saturated rings. The van der Waals surface area contributed by atoms with E-state index in [9.17, 15) is 22.7 Å². The number of benzene rings is 2. The molecule has 6 nitrogen and oxygen atoms in total. The molecule has 3 saturated carbocycles. The van der Waals surface area contributed by atoms with Crippen molar-refractivity contribution in [2.75, 3.05) is 0 Å². The van der Waals surface area contributed by atoms with Gasteiger partial charge in [0.2, 0.25) is 0 Å². The second kappa shape index (κ2) is 8.02. The summed E-state index contributed by atoms with van der Waals surface area (Å²) in [4.78, 5) is 0. The summed E-state index contributed by atoms with van der Waals surface area (Å²) in [6.07, 6.45) is 1.10. The second-order valence-corrected chi connectivity index (χ2v) is 9.43. The molecule has 0 unspecified atom stereocenters.